The molecule has 0 saturated heterocycles. The number of hydrogen-bond donors (Lipinski definition) is 3. The lowest BCUT2D eigenvalue weighted by Crippen LogP contribution is -2.34. The van der Waals surface area contributed by atoms with Crippen LogP contribution in [0.3, 0.4) is 0 Å². The zero-order valence-electron chi connectivity index (χ0n) is 43.3. The first kappa shape index (κ1) is 63.2. The van der Waals surface area contributed by atoms with E-state index in [0.29, 0.717) is 6.61 Å². The van der Waals surface area contributed by atoms with Gasteiger partial charge < -0.3 is 47.3 Å². The van der Waals surface area contributed by atoms with Crippen LogP contribution in [-0.4, -0.2) is 101 Å². The molecular weight excluding hydrogens is 983 g/mol. The van der Waals surface area contributed by atoms with Crippen molar-refractivity contribution >= 4 is 15.2 Å². The van der Waals surface area contributed by atoms with Gasteiger partial charge in [0.05, 0.1) is 72.0 Å². The predicted octanol–water partition coefficient (Wildman–Crippen LogP) is 9.22. The molecule has 2 heterocycles. The third-order valence-corrected chi connectivity index (χ3v) is 14.0. The van der Waals surface area contributed by atoms with Crippen molar-refractivity contribution in [3.05, 3.63) is 128 Å². The highest BCUT2D eigenvalue weighted by molar-refractivity contribution is 7.53. The maximum absolute atomic E-state index is 13.5. The van der Waals surface area contributed by atoms with Crippen molar-refractivity contribution in [2.75, 3.05) is 59.9 Å². The average Bonchev–Trinajstić information content (AvgIpc) is 3.39. The third-order valence-electron chi connectivity index (χ3n) is 11.5. The first-order valence-electron chi connectivity index (χ1n) is 25.6. The van der Waals surface area contributed by atoms with Crippen LogP contribution < -0.4 is 21.7 Å². The molecule has 0 amide bonds. The Morgan fingerprint density at radius 1 is 0.616 bits per heavy atom. The Balaban J connectivity index is 0.000000441. The molecule has 0 saturated carbocycles. The zero-order chi connectivity index (χ0) is 52.8. The van der Waals surface area contributed by atoms with E-state index in [-0.39, 0.29) is 52.0 Å². The predicted molar refractivity (Wildman–Crippen MR) is 281 cm³/mol. The number of H-pyrrole nitrogens is 1. The van der Waals surface area contributed by atoms with Crippen LogP contribution in [0.15, 0.2) is 99.6 Å². The number of benzene rings is 2. The van der Waals surface area contributed by atoms with E-state index in [1.807, 2.05) is 48.5 Å². The van der Waals surface area contributed by atoms with Crippen molar-refractivity contribution < 1.29 is 56.4 Å². The molecule has 0 aliphatic heterocycles. The Hall–Kier alpha value is -4.10. The van der Waals surface area contributed by atoms with Crippen molar-refractivity contribution in [1.82, 2.24) is 19.1 Å². The smallest absolute Gasteiger partial charge is 0.356 e. The summed E-state index contributed by atoms with van der Waals surface area (Å²) in [7, 11) is -4.81. The van der Waals surface area contributed by atoms with Gasteiger partial charge in [0, 0.05) is 38.2 Å². The van der Waals surface area contributed by atoms with Gasteiger partial charge in [0.1, 0.15) is 12.7 Å². The van der Waals surface area contributed by atoms with Crippen LogP contribution in [0.4, 0.5) is 0 Å². The molecule has 2 unspecified atom stereocenters. The van der Waals surface area contributed by atoms with Crippen molar-refractivity contribution in [1.29, 1.82) is 0 Å². The average molecular weight is 1070 g/mol. The van der Waals surface area contributed by atoms with E-state index in [9.17, 15) is 33.5 Å². The molecule has 410 valence electrons. The van der Waals surface area contributed by atoms with Gasteiger partial charge in [-0.1, -0.05) is 164 Å². The monoisotopic (exact) mass is 1060 g/mol. The fourth-order valence-electron chi connectivity index (χ4n) is 7.33. The van der Waals surface area contributed by atoms with Gasteiger partial charge in [-0.05, 0) is 17.5 Å². The lowest BCUT2D eigenvalue weighted by atomic mass is 10.0. The summed E-state index contributed by atoms with van der Waals surface area (Å²) in [4.78, 5) is 51.1. The molecule has 21 heteroatoms. The van der Waals surface area contributed by atoms with Crippen molar-refractivity contribution in [3.63, 3.8) is 0 Å². The van der Waals surface area contributed by atoms with Crippen molar-refractivity contribution in [2.45, 2.75) is 148 Å². The molecule has 0 radical (unpaired) electrons. The van der Waals surface area contributed by atoms with Gasteiger partial charge >= 0.3 is 26.6 Å². The van der Waals surface area contributed by atoms with Gasteiger partial charge in [-0.25, -0.2) is 9.59 Å². The van der Waals surface area contributed by atoms with Crippen LogP contribution >= 0.6 is 15.2 Å². The summed E-state index contributed by atoms with van der Waals surface area (Å²) in [6, 6.07) is 21.1. The lowest BCUT2D eigenvalue weighted by Gasteiger charge is -2.22. The standard InChI is InChI=1S/C35H59N2O8P.C17H23N2O7P/c1-2-3-4-5-6-7-8-9-10-11-12-13-14-15-16-20-25-42-26-27-44-46(41,45-30-32-21-18-17-19-22-32)31-43-33(29-38)28-37-24-23-34(39)36-35(37)40;1-23-12-15(10-19-9-8-16(24-2)18-17(19)20)25-13-27(21,22)26-11-14-6-4-3-5-7-14/h17-19,21-24,33,38H,2-16,20,25-31H2,1H3,(H,36,39,40);3-9,15H,10-13H2,1-2H3,(H,21,22)/t33-,46?;15-/m00/s1. The minimum atomic E-state index is -3.97. The summed E-state index contributed by atoms with van der Waals surface area (Å²) in [6.45, 7) is 3.02. The van der Waals surface area contributed by atoms with Crippen LogP contribution in [0.2, 0.25) is 0 Å². The maximum atomic E-state index is 13.5. The van der Waals surface area contributed by atoms with Crippen LogP contribution in [0, 0.1) is 0 Å². The van der Waals surface area contributed by atoms with E-state index in [0.717, 1.165) is 24.0 Å². The summed E-state index contributed by atoms with van der Waals surface area (Å²) >= 11 is 0. The first-order valence-corrected chi connectivity index (χ1v) is 29.1. The van der Waals surface area contributed by atoms with Gasteiger partial charge in [0.15, 0.2) is 0 Å². The van der Waals surface area contributed by atoms with E-state index in [1.54, 1.807) is 12.1 Å². The number of hydrogen-bond acceptors (Lipinski definition) is 15. The van der Waals surface area contributed by atoms with E-state index >= 15 is 0 Å². The Labute approximate surface area is 430 Å². The topological polar surface area (TPSA) is 238 Å². The summed E-state index contributed by atoms with van der Waals surface area (Å²) in [5.74, 6) is 0.203. The molecule has 4 atom stereocenters. The molecule has 4 rings (SSSR count). The maximum Gasteiger partial charge on any atom is 0.356 e. The number of ether oxygens (including phenoxy) is 5. The second kappa shape index (κ2) is 38.5. The Bertz CT molecular complexity index is 2300. The highest BCUT2D eigenvalue weighted by Crippen LogP contribution is 2.49. The van der Waals surface area contributed by atoms with Crippen LogP contribution in [0.25, 0.3) is 0 Å². The van der Waals surface area contributed by atoms with Gasteiger partial charge in [-0.15, -0.1) is 0 Å². The van der Waals surface area contributed by atoms with Crippen LogP contribution in [0.5, 0.6) is 5.88 Å². The highest BCUT2D eigenvalue weighted by atomic mass is 31.2. The second-order valence-electron chi connectivity index (χ2n) is 17.7. The number of aromatic nitrogens is 4. The number of aliphatic hydroxyl groups excluding tert-OH is 1. The molecule has 19 nitrogen and oxygen atoms in total. The van der Waals surface area contributed by atoms with Crippen molar-refractivity contribution in [2.24, 2.45) is 0 Å². The first-order chi connectivity index (χ1) is 35.4. The molecule has 0 aliphatic rings. The minimum absolute atomic E-state index is 0.00518. The molecule has 2 aromatic carbocycles. The number of rotatable bonds is 41. The minimum Gasteiger partial charge on any atom is -0.481 e. The molecule has 73 heavy (non-hydrogen) atoms. The highest BCUT2D eigenvalue weighted by Gasteiger charge is 2.28. The lowest BCUT2D eigenvalue weighted by molar-refractivity contribution is 0.000989. The summed E-state index contributed by atoms with van der Waals surface area (Å²) < 4.78 is 71.5. The van der Waals surface area contributed by atoms with E-state index in [4.69, 9.17) is 37.3 Å². The number of methoxy groups -OCH3 is 2. The fourth-order valence-corrected chi connectivity index (χ4v) is 9.47. The number of aliphatic hydroxyl groups is 1. The van der Waals surface area contributed by atoms with Crippen molar-refractivity contribution in [3.8, 4) is 5.88 Å². The number of unbranched alkanes of at least 4 members (excludes halogenated alkanes) is 15. The molecule has 0 fully saturated rings. The van der Waals surface area contributed by atoms with E-state index in [2.05, 4.69) is 16.9 Å². The Morgan fingerprint density at radius 2 is 1.15 bits per heavy atom. The van der Waals surface area contributed by atoms with Crippen LogP contribution in [-0.2, 0) is 68.0 Å². The Kier molecular flexibility index (Phi) is 33.3. The van der Waals surface area contributed by atoms with Gasteiger partial charge in [0.2, 0.25) is 5.88 Å². The van der Waals surface area contributed by atoms with Gasteiger partial charge in [0.25, 0.3) is 5.56 Å². The Morgan fingerprint density at radius 3 is 1.68 bits per heavy atom. The molecular formula is C52H82N4O15P2. The molecule has 0 bridgehead atoms. The van der Waals surface area contributed by atoms with Crippen LogP contribution in [0.1, 0.15) is 121 Å². The molecule has 0 aliphatic carbocycles. The molecule has 0 spiro atoms. The van der Waals surface area contributed by atoms with E-state index in [1.165, 1.54) is 138 Å². The summed E-state index contributed by atoms with van der Waals surface area (Å²) in [5.41, 5.74) is -0.0741. The zero-order valence-corrected chi connectivity index (χ0v) is 45.1. The largest absolute Gasteiger partial charge is 0.481 e. The summed E-state index contributed by atoms with van der Waals surface area (Å²) in [6.07, 6.45) is 21.5. The summed E-state index contributed by atoms with van der Waals surface area (Å²) in [5, 5.41) is 9.78. The number of aromatic amines is 1. The third kappa shape index (κ3) is 29.5. The second-order valence-corrected chi connectivity index (χ2v) is 21.4. The van der Waals surface area contributed by atoms with Gasteiger partial charge in [-0.3, -0.25) is 28.0 Å². The molecule has 2 aromatic heterocycles. The fraction of sp³-hybridized carbons (Fsp3) is 0.615. The van der Waals surface area contributed by atoms with Gasteiger partial charge in [-0.2, -0.15) is 4.98 Å². The SMILES string of the molecule is CCCCCCCCCCCCCCCCCCOCCOP(=O)(CO[C@H](CO)Cn1ccc(=O)[nH]c1=O)OCc1ccccc1.COC[C@H](Cn1ccc(OC)nc1=O)OCP(=O)(O)OCc1ccccc1. The molecule has 4 aromatic rings. The normalized spacial score (nSPS) is 13.9. The number of nitrogens with one attached hydrogen (secondary N) is 1. The molecule has 3 N–H and O–H groups in total. The quantitative estimate of drug-likeness (QED) is 0.0277. The number of nitrogens with zero attached hydrogens (tertiary/aromatic N) is 3. The van der Waals surface area contributed by atoms with E-state index < -0.39 is 63.6 Å².